The highest BCUT2D eigenvalue weighted by Crippen LogP contribution is 2.47. The van der Waals surface area contributed by atoms with Crippen LogP contribution in [0.15, 0.2) is 42.5 Å². The van der Waals surface area contributed by atoms with E-state index < -0.39 is 11.7 Å². The van der Waals surface area contributed by atoms with Crippen LogP contribution >= 0.6 is 0 Å². The fourth-order valence-electron chi connectivity index (χ4n) is 3.85. The van der Waals surface area contributed by atoms with Gasteiger partial charge in [0.15, 0.2) is 0 Å². The van der Waals surface area contributed by atoms with Gasteiger partial charge in [0.2, 0.25) is 0 Å². The highest BCUT2D eigenvalue weighted by atomic mass is 19.4. The van der Waals surface area contributed by atoms with Crippen LogP contribution in [0.2, 0.25) is 0 Å². The number of likely N-dealkylation sites (N-methyl/N-ethyl adjacent to an activating group) is 1. The molecule has 29 heavy (non-hydrogen) atoms. The summed E-state index contributed by atoms with van der Waals surface area (Å²) >= 11 is 0. The van der Waals surface area contributed by atoms with Gasteiger partial charge in [-0.15, -0.1) is 0 Å². The molecule has 0 saturated heterocycles. The Hall–Kier alpha value is -2.21. The Labute approximate surface area is 171 Å². The van der Waals surface area contributed by atoms with Gasteiger partial charge in [0, 0.05) is 36.8 Å². The van der Waals surface area contributed by atoms with Crippen LogP contribution in [-0.4, -0.2) is 44.7 Å². The van der Waals surface area contributed by atoms with Gasteiger partial charge in [0.25, 0.3) is 0 Å². The maximum atomic E-state index is 13.2. The van der Waals surface area contributed by atoms with E-state index in [0.717, 1.165) is 36.0 Å². The van der Waals surface area contributed by atoms with Crippen molar-refractivity contribution in [1.82, 2.24) is 4.90 Å². The molecule has 0 aromatic heterocycles. The number of anilines is 1. The zero-order valence-electron chi connectivity index (χ0n) is 17.7. The summed E-state index contributed by atoms with van der Waals surface area (Å²) in [6.07, 6.45) is -3.61. The summed E-state index contributed by atoms with van der Waals surface area (Å²) in [5.74, 6) is 0.673. The van der Waals surface area contributed by atoms with Gasteiger partial charge in [-0.1, -0.05) is 24.3 Å². The molecule has 1 heterocycles. The number of rotatable bonds is 5. The van der Waals surface area contributed by atoms with Crippen LogP contribution < -0.4 is 9.64 Å². The summed E-state index contributed by atoms with van der Waals surface area (Å²) in [5, 5.41) is 0. The smallest absolute Gasteiger partial charge is 0.416 e. The zero-order chi connectivity index (χ0) is 21.4. The maximum absolute atomic E-state index is 13.2. The molecular formula is C23H29F3N2O. The first kappa shape index (κ1) is 21.5. The normalized spacial score (nSPS) is 18.7. The molecule has 0 bridgehead atoms. The van der Waals surface area contributed by atoms with Crippen molar-refractivity contribution in [3.05, 3.63) is 59.2 Å². The van der Waals surface area contributed by atoms with Gasteiger partial charge in [-0.2, -0.15) is 13.2 Å². The van der Waals surface area contributed by atoms with Gasteiger partial charge >= 0.3 is 6.18 Å². The van der Waals surface area contributed by atoms with Crippen molar-refractivity contribution in [3.63, 3.8) is 0 Å². The lowest BCUT2D eigenvalue weighted by atomic mass is 9.76. The number of hydrogen-bond donors (Lipinski definition) is 0. The Morgan fingerprint density at radius 2 is 1.86 bits per heavy atom. The van der Waals surface area contributed by atoms with E-state index in [1.165, 1.54) is 12.1 Å². The average molecular weight is 406 g/mol. The molecule has 1 aliphatic rings. The van der Waals surface area contributed by atoms with Gasteiger partial charge in [-0.05, 0) is 57.6 Å². The summed E-state index contributed by atoms with van der Waals surface area (Å²) < 4.78 is 45.6. The molecule has 2 aromatic rings. The van der Waals surface area contributed by atoms with E-state index >= 15 is 0 Å². The van der Waals surface area contributed by atoms with E-state index in [2.05, 4.69) is 23.6 Å². The second kappa shape index (κ2) is 7.90. The maximum Gasteiger partial charge on any atom is 0.416 e. The van der Waals surface area contributed by atoms with Gasteiger partial charge in [0.05, 0.1) is 5.56 Å². The molecule has 0 spiro atoms. The van der Waals surface area contributed by atoms with Crippen molar-refractivity contribution in [2.45, 2.75) is 37.9 Å². The lowest BCUT2D eigenvalue weighted by molar-refractivity contribution is -0.137. The van der Waals surface area contributed by atoms with Crippen LogP contribution in [0.5, 0.6) is 5.75 Å². The minimum Gasteiger partial charge on any atom is -0.492 e. The fraction of sp³-hybridized carbons (Fsp3) is 0.478. The first-order valence-electron chi connectivity index (χ1n) is 9.81. The summed E-state index contributed by atoms with van der Waals surface area (Å²) in [7, 11) is 6.02. The second-order valence-electron chi connectivity index (χ2n) is 8.62. The summed E-state index contributed by atoms with van der Waals surface area (Å²) in [6.45, 7) is 5.63. The van der Waals surface area contributed by atoms with Crippen molar-refractivity contribution in [2.24, 2.45) is 0 Å². The first-order chi connectivity index (χ1) is 13.5. The molecular weight excluding hydrogens is 377 g/mol. The van der Waals surface area contributed by atoms with Crippen molar-refractivity contribution in [3.8, 4) is 5.75 Å². The number of fused-ring (bicyclic) bond motifs is 1. The number of nitrogens with zero attached hydrogens (tertiary/aromatic N) is 2. The molecule has 0 N–H and O–H groups in total. The Morgan fingerprint density at radius 1 is 1.14 bits per heavy atom. The van der Waals surface area contributed by atoms with Crippen LogP contribution in [0.25, 0.3) is 0 Å². The average Bonchev–Trinajstić information content (AvgIpc) is 2.64. The third kappa shape index (κ3) is 4.69. The number of hydrogen-bond acceptors (Lipinski definition) is 3. The van der Waals surface area contributed by atoms with E-state index in [0.29, 0.717) is 12.2 Å². The molecule has 1 unspecified atom stereocenters. The summed E-state index contributed by atoms with van der Waals surface area (Å²) in [6, 6.07) is 11.6. The molecule has 1 aliphatic heterocycles. The first-order valence-corrected chi connectivity index (χ1v) is 9.81. The highest BCUT2D eigenvalue weighted by molar-refractivity contribution is 5.64. The van der Waals surface area contributed by atoms with Gasteiger partial charge < -0.3 is 14.5 Å². The Morgan fingerprint density at radius 3 is 2.52 bits per heavy atom. The van der Waals surface area contributed by atoms with Crippen molar-refractivity contribution < 1.29 is 17.9 Å². The Balaban J connectivity index is 1.99. The minimum atomic E-state index is -4.34. The molecule has 0 fully saturated rings. The second-order valence-corrected chi connectivity index (χ2v) is 8.62. The molecule has 158 valence electrons. The van der Waals surface area contributed by atoms with Gasteiger partial charge in [-0.25, -0.2) is 0 Å². The standard InChI is InChI=1S/C23H29F3N2O/c1-22(2)15-20(16-7-6-8-17(13-16)23(24,25)26)19-10-9-18(14-21(19)28(22)5)29-12-11-27(3)4/h6-10,13-14,20H,11-12,15H2,1-5H3. The van der Waals surface area contributed by atoms with Crippen LogP contribution in [0.4, 0.5) is 18.9 Å². The number of halogens is 3. The molecule has 1 atom stereocenters. The SMILES string of the molecule is CN(C)CCOc1ccc2c(c1)N(C)C(C)(C)CC2c1cccc(C(F)(F)F)c1. The third-order valence-electron chi connectivity index (χ3n) is 5.77. The molecule has 0 amide bonds. The summed E-state index contributed by atoms with van der Waals surface area (Å²) in [4.78, 5) is 4.25. The zero-order valence-corrected chi connectivity index (χ0v) is 17.7. The van der Waals surface area contributed by atoms with Crippen LogP contribution in [-0.2, 0) is 6.18 Å². The molecule has 2 aromatic carbocycles. The van der Waals surface area contributed by atoms with E-state index in [9.17, 15) is 13.2 Å². The quantitative estimate of drug-likeness (QED) is 0.662. The Bertz CT molecular complexity index is 861. The number of ether oxygens (including phenoxy) is 1. The van der Waals surface area contributed by atoms with Gasteiger partial charge in [0.1, 0.15) is 12.4 Å². The topological polar surface area (TPSA) is 15.7 Å². The van der Waals surface area contributed by atoms with E-state index in [1.54, 1.807) is 6.07 Å². The molecule has 0 aliphatic carbocycles. The lowest BCUT2D eigenvalue weighted by Crippen LogP contribution is -2.46. The Kier molecular flexibility index (Phi) is 5.86. The highest BCUT2D eigenvalue weighted by Gasteiger charge is 2.38. The number of benzene rings is 2. The predicted molar refractivity (Wildman–Crippen MR) is 111 cm³/mol. The van der Waals surface area contributed by atoms with Gasteiger partial charge in [-0.3, -0.25) is 0 Å². The molecule has 0 radical (unpaired) electrons. The van der Waals surface area contributed by atoms with Crippen molar-refractivity contribution in [2.75, 3.05) is 39.2 Å². The molecule has 3 rings (SSSR count). The molecule has 3 nitrogen and oxygen atoms in total. The predicted octanol–water partition coefficient (Wildman–Crippen LogP) is 5.40. The molecule has 0 saturated carbocycles. The fourth-order valence-corrected chi connectivity index (χ4v) is 3.85. The van der Waals surface area contributed by atoms with Crippen molar-refractivity contribution >= 4 is 5.69 Å². The van der Waals surface area contributed by atoms with E-state index in [4.69, 9.17) is 4.74 Å². The largest absolute Gasteiger partial charge is 0.492 e. The number of alkyl halides is 3. The van der Waals surface area contributed by atoms with E-state index in [1.807, 2.05) is 39.3 Å². The van der Waals surface area contributed by atoms with Crippen LogP contribution in [0.1, 0.15) is 42.9 Å². The lowest BCUT2D eigenvalue weighted by Gasteiger charge is -2.46. The van der Waals surface area contributed by atoms with Crippen LogP contribution in [0.3, 0.4) is 0 Å². The minimum absolute atomic E-state index is 0.102. The van der Waals surface area contributed by atoms with E-state index in [-0.39, 0.29) is 11.5 Å². The third-order valence-corrected chi connectivity index (χ3v) is 5.77. The van der Waals surface area contributed by atoms with Crippen LogP contribution in [0, 0.1) is 0 Å². The van der Waals surface area contributed by atoms with Crippen molar-refractivity contribution in [1.29, 1.82) is 0 Å². The summed E-state index contributed by atoms with van der Waals surface area (Å²) in [5.41, 5.74) is 1.94. The monoisotopic (exact) mass is 406 g/mol. The molecule has 6 heteroatoms.